The van der Waals surface area contributed by atoms with Crippen molar-refractivity contribution in [3.8, 4) is 11.5 Å². The van der Waals surface area contributed by atoms with Crippen molar-refractivity contribution in [2.24, 2.45) is 0 Å². The first-order valence-corrected chi connectivity index (χ1v) is 11.2. The van der Waals surface area contributed by atoms with Crippen LogP contribution in [-0.2, 0) is 23.7 Å². The van der Waals surface area contributed by atoms with Gasteiger partial charge in [0.2, 0.25) is 0 Å². The Bertz CT molecular complexity index is 870. The van der Waals surface area contributed by atoms with Gasteiger partial charge in [0.25, 0.3) is 0 Å². The molecule has 4 nitrogen and oxygen atoms in total. The third-order valence-electron chi connectivity index (χ3n) is 6.36. The van der Waals surface area contributed by atoms with Gasteiger partial charge in [0.1, 0.15) is 23.7 Å². The van der Waals surface area contributed by atoms with E-state index in [4.69, 9.17) is 9.47 Å². The van der Waals surface area contributed by atoms with Crippen LogP contribution in [0.5, 0.6) is 11.5 Å². The minimum Gasteiger partial charge on any atom is -0.496 e. The Kier molecular flexibility index (Phi) is 6.46. The summed E-state index contributed by atoms with van der Waals surface area (Å²) in [5.74, 6) is 1.34. The van der Waals surface area contributed by atoms with Gasteiger partial charge in [0.05, 0.1) is 14.2 Å². The third kappa shape index (κ3) is 4.61. The van der Waals surface area contributed by atoms with Gasteiger partial charge < -0.3 is 19.7 Å². The van der Waals surface area contributed by atoms with E-state index in [2.05, 4.69) is 53.7 Å². The third-order valence-corrected chi connectivity index (χ3v) is 6.36. The maximum atomic E-state index is 11.4. The average Bonchev–Trinajstić information content (AvgIpc) is 2.69. The number of hydrogen-bond acceptors (Lipinski definition) is 4. The lowest BCUT2D eigenvalue weighted by Crippen LogP contribution is -2.18. The van der Waals surface area contributed by atoms with Crippen LogP contribution < -0.4 is 9.47 Å². The van der Waals surface area contributed by atoms with Crippen LogP contribution in [0, 0.1) is 0 Å². The molecule has 0 amide bonds. The number of benzene rings is 2. The minimum absolute atomic E-state index is 0.0880. The SMILES string of the molecule is COc1c2cc(C(C)(C)C)cc1C(O)C(O)c1cc(C(C)(C)C)cc(c1OC)CCC2. The largest absolute Gasteiger partial charge is 0.496 e. The lowest BCUT2D eigenvalue weighted by atomic mass is 9.81. The van der Waals surface area contributed by atoms with Crippen molar-refractivity contribution in [1.82, 2.24) is 0 Å². The quantitative estimate of drug-likeness (QED) is 0.661. The van der Waals surface area contributed by atoms with Gasteiger partial charge in [-0.05, 0) is 64.5 Å². The summed E-state index contributed by atoms with van der Waals surface area (Å²) in [5.41, 5.74) is 5.47. The molecular formula is C27H38O4. The van der Waals surface area contributed by atoms with E-state index in [9.17, 15) is 10.2 Å². The second-order valence-corrected chi connectivity index (χ2v) is 10.8. The number of fused-ring (bicyclic) bond motifs is 4. The van der Waals surface area contributed by atoms with E-state index in [1.807, 2.05) is 12.1 Å². The van der Waals surface area contributed by atoms with Crippen LogP contribution in [0.3, 0.4) is 0 Å². The second kappa shape index (κ2) is 8.48. The zero-order chi connectivity index (χ0) is 23.1. The lowest BCUT2D eigenvalue weighted by molar-refractivity contribution is 0.0142. The summed E-state index contributed by atoms with van der Waals surface area (Å²) in [7, 11) is 3.27. The summed E-state index contributed by atoms with van der Waals surface area (Å²) >= 11 is 0. The standard InChI is InChI=1S/C27H38O4/c1-26(2,3)18-12-16-10-9-11-17-13-19(27(4,5)6)15-21(25(17)31-8)23(29)22(28)20(14-18)24(16)30-7/h12-15,22-23,28-29H,9-11H2,1-8H3. The Balaban J connectivity index is 2.28. The van der Waals surface area contributed by atoms with E-state index in [0.29, 0.717) is 22.6 Å². The Hall–Kier alpha value is -2.04. The van der Waals surface area contributed by atoms with Gasteiger partial charge in [-0.3, -0.25) is 0 Å². The van der Waals surface area contributed by atoms with Crippen LogP contribution in [0.2, 0.25) is 0 Å². The molecule has 2 aromatic carbocycles. The van der Waals surface area contributed by atoms with E-state index in [1.165, 1.54) is 0 Å². The van der Waals surface area contributed by atoms with Gasteiger partial charge in [-0.25, -0.2) is 0 Å². The maximum absolute atomic E-state index is 11.4. The fourth-order valence-electron chi connectivity index (χ4n) is 4.41. The minimum atomic E-state index is -1.13. The van der Waals surface area contributed by atoms with Gasteiger partial charge in [-0.1, -0.05) is 53.7 Å². The summed E-state index contributed by atoms with van der Waals surface area (Å²) < 4.78 is 11.5. The predicted molar refractivity (Wildman–Crippen MR) is 125 cm³/mol. The molecule has 2 unspecified atom stereocenters. The predicted octanol–water partition coefficient (Wildman–Crippen LogP) is 5.55. The van der Waals surface area contributed by atoms with Gasteiger partial charge in [-0.15, -0.1) is 0 Å². The van der Waals surface area contributed by atoms with Crippen molar-refractivity contribution in [3.63, 3.8) is 0 Å². The van der Waals surface area contributed by atoms with Crippen LogP contribution >= 0.6 is 0 Å². The molecule has 1 aliphatic carbocycles. The summed E-state index contributed by atoms with van der Waals surface area (Å²) in [6.07, 6.45) is 0.290. The highest BCUT2D eigenvalue weighted by Crippen LogP contribution is 2.44. The number of aliphatic hydroxyl groups is 2. The molecule has 4 heteroatoms. The zero-order valence-electron chi connectivity index (χ0n) is 20.3. The molecule has 1 aliphatic rings. The zero-order valence-corrected chi connectivity index (χ0v) is 20.3. The topological polar surface area (TPSA) is 58.9 Å². The van der Waals surface area contributed by atoms with Crippen molar-refractivity contribution in [3.05, 3.63) is 57.6 Å². The van der Waals surface area contributed by atoms with Crippen molar-refractivity contribution in [2.75, 3.05) is 14.2 Å². The molecule has 2 aromatic rings. The Morgan fingerprint density at radius 3 is 1.32 bits per heavy atom. The highest BCUT2D eigenvalue weighted by atomic mass is 16.5. The van der Waals surface area contributed by atoms with Crippen LogP contribution in [0.25, 0.3) is 0 Å². The molecular weight excluding hydrogens is 388 g/mol. The molecule has 4 bridgehead atoms. The van der Waals surface area contributed by atoms with Crippen molar-refractivity contribution in [2.45, 2.75) is 83.8 Å². The molecule has 0 saturated heterocycles. The van der Waals surface area contributed by atoms with Crippen LogP contribution in [0.4, 0.5) is 0 Å². The monoisotopic (exact) mass is 426 g/mol. The second-order valence-electron chi connectivity index (χ2n) is 10.8. The number of methoxy groups -OCH3 is 2. The maximum Gasteiger partial charge on any atom is 0.127 e. The summed E-state index contributed by atoms with van der Waals surface area (Å²) in [6, 6.07) is 8.34. The molecule has 0 saturated carbocycles. The van der Waals surface area contributed by atoms with Crippen LogP contribution in [-0.4, -0.2) is 24.4 Å². The number of hydrogen-bond donors (Lipinski definition) is 2. The smallest absolute Gasteiger partial charge is 0.127 e. The van der Waals surface area contributed by atoms with E-state index < -0.39 is 12.2 Å². The summed E-state index contributed by atoms with van der Waals surface area (Å²) in [4.78, 5) is 0. The van der Waals surface area contributed by atoms with E-state index in [0.717, 1.165) is 41.5 Å². The van der Waals surface area contributed by atoms with Crippen molar-refractivity contribution in [1.29, 1.82) is 0 Å². The Morgan fingerprint density at radius 1 is 0.677 bits per heavy atom. The first-order valence-electron chi connectivity index (χ1n) is 11.2. The molecule has 3 rings (SSSR count). The number of rotatable bonds is 2. The Labute approximate surface area is 187 Å². The van der Waals surface area contributed by atoms with Crippen molar-refractivity contribution >= 4 is 0 Å². The number of aliphatic hydroxyl groups excluding tert-OH is 2. The van der Waals surface area contributed by atoms with Gasteiger partial charge >= 0.3 is 0 Å². The van der Waals surface area contributed by atoms with Gasteiger partial charge in [0.15, 0.2) is 0 Å². The highest BCUT2D eigenvalue weighted by Gasteiger charge is 2.32. The lowest BCUT2D eigenvalue weighted by Gasteiger charge is -2.28. The molecule has 0 aliphatic heterocycles. The molecule has 0 fully saturated rings. The molecule has 2 N–H and O–H groups in total. The molecule has 2 atom stereocenters. The number of ether oxygens (including phenoxy) is 2. The van der Waals surface area contributed by atoms with Gasteiger partial charge in [-0.2, -0.15) is 0 Å². The molecule has 0 spiro atoms. The van der Waals surface area contributed by atoms with Gasteiger partial charge in [0, 0.05) is 11.1 Å². The fraction of sp³-hybridized carbons (Fsp3) is 0.556. The molecule has 31 heavy (non-hydrogen) atoms. The first kappa shape index (κ1) is 23.6. The average molecular weight is 427 g/mol. The number of aryl methyl sites for hydroxylation is 2. The van der Waals surface area contributed by atoms with E-state index >= 15 is 0 Å². The van der Waals surface area contributed by atoms with Crippen molar-refractivity contribution < 1.29 is 19.7 Å². The Morgan fingerprint density at radius 2 is 1.03 bits per heavy atom. The first-order chi connectivity index (χ1) is 14.4. The summed E-state index contributed by atoms with van der Waals surface area (Å²) in [5, 5.41) is 22.8. The van der Waals surface area contributed by atoms with Crippen LogP contribution in [0.1, 0.15) is 93.6 Å². The molecule has 0 radical (unpaired) electrons. The van der Waals surface area contributed by atoms with Crippen LogP contribution in [0.15, 0.2) is 24.3 Å². The fourth-order valence-corrected chi connectivity index (χ4v) is 4.41. The van der Waals surface area contributed by atoms with E-state index in [1.54, 1.807) is 14.2 Å². The highest BCUT2D eigenvalue weighted by molar-refractivity contribution is 5.52. The van der Waals surface area contributed by atoms with E-state index in [-0.39, 0.29) is 10.8 Å². The summed E-state index contributed by atoms with van der Waals surface area (Å²) in [6.45, 7) is 12.9. The molecule has 170 valence electrons. The molecule has 0 heterocycles. The normalized spacial score (nSPS) is 19.5. The molecule has 0 aromatic heterocycles.